The number of piperidine rings is 1. The van der Waals surface area contributed by atoms with Crippen molar-refractivity contribution in [3.05, 3.63) is 71.6 Å². The third kappa shape index (κ3) is 3.68. The van der Waals surface area contributed by atoms with Gasteiger partial charge in [0.2, 0.25) is 5.82 Å². The first kappa shape index (κ1) is 20.4. The lowest BCUT2D eigenvalue weighted by molar-refractivity contribution is 0.0694. The van der Waals surface area contributed by atoms with Gasteiger partial charge in [0, 0.05) is 19.0 Å². The summed E-state index contributed by atoms with van der Waals surface area (Å²) < 4.78 is 7.73. The molecule has 7 nitrogen and oxygen atoms in total. The van der Waals surface area contributed by atoms with Gasteiger partial charge in [-0.2, -0.15) is 0 Å². The van der Waals surface area contributed by atoms with Crippen LogP contribution in [0.15, 0.2) is 52.9 Å². The molecule has 3 heterocycles. The maximum absolute atomic E-state index is 13.1. The second kappa shape index (κ2) is 8.22. The molecule has 5 rings (SSSR count). The minimum Gasteiger partial charge on any atom is -0.440 e. The molecule has 2 aromatic carbocycles. The molecule has 1 saturated heterocycles. The molecule has 0 N–H and O–H groups in total. The lowest BCUT2D eigenvalue weighted by Gasteiger charge is -2.29. The Kier molecular flexibility index (Phi) is 5.25. The van der Waals surface area contributed by atoms with Crippen LogP contribution in [-0.4, -0.2) is 43.6 Å². The van der Waals surface area contributed by atoms with Crippen molar-refractivity contribution < 1.29 is 9.21 Å². The number of hydrogen-bond donors (Lipinski definition) is 0. The Bertz CT molecular complexity index is 1230. The smallest absolute Gasteiger partial charge is 0.293 e. The number of rotatable bonds is 4. The number of fused-ring (bicyclic) bond motifs is 1. The van der Waals surface area contributed by atoms with E-state index in [2.05, 4.69) is 35.0 Å². The van der Waals surface area contributed by atoms with Crippen LogP contribution < -0.4 is 0 Å². The van der Waals surface area contributed by atoms with Crippen LogP contribution >= 0.6 is 0 Å². The van der Waals surface area contributed by atoms with Gasteiger partial charge in [-0.15, -0.1) is 5.10 Å². The van der Waals surface area contributed by atoms with Gasteiger partial charge in [0.15, 0.2) is 11.5 Å². The third-order valence-corrected chi connectivity index (χ3v) is 6.19. The standard InChI is InChI=1S/C25H27N5O2/c1-16(2)19-8-4-6-10-21(19)30-17(3)26-23(28-30)25(31)29-14-12-18(13-15-29)24-27-20-9-5-7-11-22(20)32-24/h4-11,16,18H,12-15H2,1-3H3. The lowest BCUT2D eigenvalue weighted by Crippen LogP contribution is -2.38. The molecular formula is C25H27N5O2. The summed E-state index contributed by atoms with van der Waals surface area (Å²) in [4.78, 5) is 24.1. The molecule has 0 spiro atoms. The van der Waals surface area contributed by atoms with E-state index in [1.165, 1.54) is 5.56 Å². The Morgan fingerprint density at radius 2 is 1.75 bits per heavy atom. The first-order valence-electron chi connectivity index (χ1n) is 11.2. The fourth-order valence-electron chi connectivity index (χ4n) is 4.41. The van der Waals surface area contributed by atoms with E-state index >= 15 is 0 Å². The molecule has 0 aliphatic carbocycles. The van der Waals surface area contributed by atoms with Gasteiger partial charge in [-0.25, -0.2) is 14.6 Å². The number of benzene rings is 2. The normalized spacial score (nSPS) is 15.1. The van der Waals surface area contributed by atoms with Crippen molar-refractivity contribution in [1.29, 1.82) is 0 Å². The number of aromatic nitrogens is 4. The van der Waals surface area contributed by atoms with Crippen LogP contribution in [0, 0.1) is 6.92 Å². The zero-order chi connectivity index (χ0) is 22.2. The summed E-state index contributed by atoms with van der Waals surface area (Å²) in [5.74, 6) is 2.17. The van der Waals surface area contributed by atoms with E-state index < -0.39 is 0 Å². The number of para-hydroxylation sites is 3. The van der Waals surface area contributed by atoms with E-state index in [9.17, 15) is 4.79 Å². The average Bonchev–Trinajstić information content (AvgIpc) is 3.42. The van der Waals surface area contributed by atoms with Gasteiger partial charge in [-0.1, -0.05) is 44.2 Å². The highest BCUT2D eigenvalue weighted by atomic mass is 16.3. The summed E-state index contributed by atoms with van der Waals surface area (Å²) in [7, 11) is 0. The predicted octanol–water partition coefficient (Wildman–Crippen LogP) is 4.86. The van der Waals surface area contributed by atoms with Gasteiger partial charge in [0.25, 0.3) is 5.91 Å². The number of amides is 1. The van der Waals surface area contributed by atoms with Crippen molar-refractivity contribution in [3.63, 3.8) is 0 Å². The molecule has 0 saturated carbocycles. The number of hydrogen-bond acceptors (Lipinski definition) is 5. The van der Waals surface area contributed by atoms with E-state index in [1.54, 1.807) is 4.68 Å². The van der Waals surface area contributed by atoms with E-state index in [-0.39, 0.29) is 17.6 Å². The largest absolute Gasteiger partial charge is 0.440 e. The van der Waals surface area contributed by atoms with E-state index in [0.717, 1.165) is 35.5 Å². The second-order valence-electron chi connectivity index (χ2n) is 8.69. The Balaban J connectivity index is 1.31. The highest BCUT2D eigenvalue weighted by molar-refractivity contribution is 5.90. The SMILES string of the molecule is Cc1nc(C(=O)N2CCC(c3nc4ccccc4o3)CC2)nn1-c1ccccc1C(C)C. The number of carbonyl (C=O) groups is 1. The van der Waals surface area contributed by atoms with E-state index in [4.69, 9.17) is 4.42 Å². The predicted molar refractivity (Wildman–Crippen MR) is 122 cm³/mol. The van der Waals surface area contributed by atoms with Gasteiger partial charge in [0.1, 0.15) is 11.3 Å². The van der Waals surface area contributed by atoms with Crippen LogP contribution in [0.2, 0.25) is 0 Å². The molecule has 164 valence electrons. The molecule has 1 aliphatic rings. The quantitative estimate of drug-likeness (QED) is 0.463. The number of oxazole rings is 1. The monoisotopic (exact) mass is 429 g/mol. The van der Waals surface area contributed by atoms with Gasteiger partial charge in [-0.05, 0) is 49.4 Å². The summed E-state index contributed by atoms with van der Waals surface area (Å²) in [6.07, 6.45) is 1.63. The molecule has 1 amide bonds. The Morgan fingerprint density at radius 3 is 2.50 bits per heavy atom. The zero-order valence-corrected chi connectivity index (χ0v) is 18.7. The molecule has 2 aromatic heterocycles. The van der Waals surface area contributed by atoms with E-state index in [1.807, 2.05) is 54.3 Å². The van der Waals surface area contributed by atoms with Gasteiger partial charge in [0.05, 0.1) is 5.69 Å². The number of likely N-dealkylation sites (tertiary alicyclic amines) is 1. The Morgan fingerprint density at radius 1 is 1.03 bits per heavy atom. The molecule has 4 aromatic rings. The summed E-state index contributed by atoms with van der Waals surface area (Å²) in [6.45, 7) is 7.47. The van der Waals surface area contributed by atoms with Crippen molar-refractivity contribution in [2.75, 3.05) is 13.1 Å². The maximum Gasteiger partial charge on any atom is 0.293 e. The molecule has 7 heteroatoms. The minimum absolute atomic E-state index is 0.120. The van der Waals surface area contributed by atoms with Crippen LogP contribution in [0.3, 0.4) is 0 Å². The number of nitrogens with zero attached hydrogens (tertiary/aromatic N) is 5. The van der Waals surface area contributed by atoms with Gasteiger partial charge in [-0.3, -0.25) is 4.79 Å². The highest BCUT2D eigenvalue weighted by Crippen LogP contribution is 2.30. The average molecular weight is 430 g/mol. The third-order valence-electron chi connectivity index (χ3n) is 6.19. The summed E-state index contributed by atoms with van der Waals surface area (Å²) in [5.41, 5.74) is 3.85. The number of aryl methyl sites for hydroxylation is 1. The van der Waals surface area contributed by atoms with Crippen LogP contribution in [0.25, 0.3) is 16.8 Å². The van der Waals surface area contributed by atoms with Crippen molar-refractivity contribution >= 4 is 17.0 Å². The molecule has 0 atom stereocenters. The van der Waals surface area contributed by atoms with Crippen molar-refractivity contribution in [1.82, 2.24) is 24.6 Å². The zero-order valence-electron chi connectivity index (χ0n) is 18.7. The topological polar surface area (TPSA) is 77.1 Å². The van der Waals surface area contributed by atoms with Crippen LogP contribution in [0.5, 0.6) is 0 Å². The van der Waals surface area contributed by atoms with Crippen LogP contribution in [-0.2, 0) is 0 Å². The first-order valence-corrected chi connectivity index (χ1v) is 11.2. The van der Waals surface area contributed by atoms with Crippen LogP contribution in [0.4, 0.5) is 0 Å². The van der Waals surface area contributed by atoms with Gasteiger partial charge >= 0.3 is 0 Å². The minimum atomic E-state index is -0.120. The Hall–Kier alpha value is -3.48. The number of carbonyl (C=O) groups excluding carboxylic acids is 1. The molecular weight excluding hydrogens is 402 g/mol. The fourth-order valence-corrected chi connectivity index (χ4v) is 4.41. The van der Waals surface area contributed by atoms with Crippen molar-refractivity contribution in [2.45, 2.75) is 45.4 Å². The summed E-state index contributed by atoms with van der Waals surface area (Å²) in [6, 6.07) is 15.9. The molecule has 1 fully saturated rings. The summed E-state index contributed by atoms with van der Waals surface area (Å²) >= 11 is 0. The molecule has 1 aliphatic heterocycles. The summed E-state index contributed by atoms with van der Waals surface area (Å²) in [5, 5.41) is 4.59. The second-order valence-corrected chi connectivity index (χ2v) is 8.69. The molecule has 0 unspecified atom stereocenters. The van der Waals surface area contributed by atoms with Crippen LogP contribution in [0.1, 0.15) is 66.4 Å². The first-order chi connectivity index (χ1) is 15.5. The lowest BCUT2D eigenvalue weighted by atomic mass is 9.97. The molecule has 0 bridgehead atoms. The molecule has 0 radical (unpaired) electrons. The maximum atomic E-state index is 13.1. The van der Waals surface area contributed by atoms with E-state index in [0.29, 0.717) is 24.8 Å². The van der Waals surface area contributed by atoms with Gasteiger partial charge < -0.3 is 9.32 Å². The Labute approximate surface area is 187 Å². The van der Waals surface area contributed by atoms with Crippen molar-refractivity contribution in [3.8, 4) is 5.69 Å². The van der Waals surface area contributed by atoms with Crippen molar-refractivity contribution in [2.24, 2.45) is 0 Å². The fraction of sp³-hybridized carbons (Fsp3) is 0.360. The highest BCUT2D eigenvalue weighted by Gasteiger charge is 2.29. The molecule has 32 heavy (non-hydrogen) atoms.